The van der Waals surface area contributed by atoms with Crippen LogP contribution in [0, 0.1) is 25.2 Å². The lowest BCUT2D eigenvalue weighted by molar-refractivity contribution is 0.914. The van der Waals surface area contributed by atoms with Crippen LogP contribution < -0.4 is 5.73 Å². The van der Waals surface area contributed by atoms with E-state index >= 15 is 0 Å². The largest absolute Gasteiger partial charge is 0.375 e. The highest BCUT2D eigenvalue weighted by Gasteiger charge is 2.17. The average Bonchev–Trinajstić information content (AvgIpc) is 2.68. The van der Waals surface area contributed by atoms with Crippen LogP contribution in [0.2, 0.25) is 0 Å². The summed E-state index contributed by atoms with van der Waals surface area (Å²) >= 11 is 1.52. The molecule has 18 heavy (non-hydrogen) atoms. The Kier molecular flexibility index (Phi) is 3.35. The first kappa shape index (κ1) is 12.6. The zero-order chi connectivity index (χ0) is 13.3. The van der Waals surface area contributed by atoms with Crippen LogP contribution in [0.4, 0.5) is 5.13 Å². The number of aryl methyl sites for hydroxylation is 2. The van der Waals surface area contributed by atoms with E-state index in [4.69, 9.17) is 11.0 Å². The highest BCUT2D eigenvalue weighted by atomic mass is 32.1. The number of thiazole rings is 1. The molecule has 1 aromatic heterocycles. The lowest BCUT2D eigenvalue weighted by Gasteiger charge is -2.14. The molecule has 0 radical (unpaired) electrons. The second kappa shape index (κ2) is 4.79. The predicted octanol–water partition coefficient (Wildman–Crippen LogP) is 3.37. The number of nitrogens with zero attached hydrogens (tertiary/aromatic N) is 2. The van der Waals surface area contributed by atoms with Crippen LogP contribution in [0.15, 0.2) is 18.2 Å². The fraction of sp³-hybridized carbons (Fsp3) is 0.286. The lowest BCUT2D eigenvalue weighted by atomic mass is 9.93. The van der Waals surface area contributed by atoms with Crippen LogP contribution in [0.3, 0.4) is 0 Å². The lowest BCUT2D eigenvalue weighted by Crippen LogP contribution is -1.99. The molecule has 1 aromatic carbocycles. The fourth-order valence-electron chi connectivity index (χ4n) is 2.15. The molecule has 0 saturated heterocycles. The van der Waals surface area contributed by atoms with Gasteiger partial charge in [-0.1, -0.05) is 13.0 Å². The molecule has 0 fully saturated rings. The van der Waals surface area contributed by atoms with Crippen molar-refractivity contribution in [3.8, 4) is 6.07 Å². The normalized spacial score (nSPS) is 12.1. The summed E-state index contributed by atoms with van der Waals surface area (Å²) in [6, 6.07) is 7.97. The van der Waals surface area contributed by atoms with Crippen molar-refractivity contribution in [2.45, 2.75) is 26.7 Å². The molecule has 0 bridgehead atoms. The fourth-order valence-corrected chi connectivity index (χ4v) is 3.05. The minimum absolute atomic E-state index is 0.216. The number of nitriles is 1. The molecule has 0 saturated carbocycles. The summed E-state index contributed by atoms with van der Waals surface area (Å²) in [6.45, 7) is 6.17. The third-order valence-electron chi connectivity index (χ3n) is 3.12. The van der Waals surface area contributed by atoms with E-state index in [9.17, 15) is 0 Å². The molecular weight excluding hydrogens is 242 g/mol. The highest BCUT2D eigenvalue weighted by molar-refractivity contribution is 7.15. The van der Waals surface area contributed by atoms with E-state index in [0.29, 0.717) is 10.7 Å². The zero-order valence-electron chi connectivity index (χ0n) is 10.7. The molecule has 0 aliphatic carbocycles. The average molecular weight is 257 g/mol. The van der Waals surface area contributed by atoms with Crippen molar-refractivity contribution in [2.24, 2.45) is 0 Å². The SMILES string of the molecule is Cc1ccc(C#N)cc1C(C)c1sc(N)nc1C. The van der Waals surface area contributed by atoms with E-state index in [-0.39, 0.29) is 5.92 Å². The Bertz CT molecular complexity index is 622. The third kappa shape index (κ3) is 2.22. The minimum Gasteiger partial charge on any atom is -0.375 e. The van der Waals surface area contributed by atoms with Crippen LogP contribution in [0.25, 0.3) is 0 Å². The molecule has 4 heteroatoms. The molecule has 1 atom stereocenters. The van der Waals surface area contributed by atoms with Crippen LogP contribution in [-0.2, 0) is 0 Å². The maximum atomic E-state index is 8.98. The van der Waals surface area contributed by atoms with E-state index < -0.39 is 0 Å². The summed E-state index contributed by atoms with van der Waals surface area (Å²) in [5.74, 6) is 0.216. The molecule has 2 rings (SSSR count). The number of hydrogen-bond donors (Lipinski definition) is 1. The van der Waals surface area contributed by atoms with Gasteiger partial charge in [0.1, 0.15) is 0 Å². The molecule has 0 amide bonds. The number of hydrogen-bond acceptors (Lipinski definition) is 4. The number of nitrogen functional groups attached to an aromatic ring is 1. The summed E-state index contributed by atoms with van der Waals surface area (Å²) in [5.41, 5.74) is 9.77. The highest BCUT2D eigenvalue weighted by Crippen LogP contribution is 2.34. The van der Waals surface area contributed by atoms with Crippen LogP contribution >= 0.6 is 11.3 Å². The van der Waals surface area contributed by atoms with E-state index in [1.165, 1.54) is 27.3 Å². The van der Waals surface area contributed by atoms with Gasteiger partial charge in [0.15, 0.2) is 5.13 Å². The number of anilines is 1. The van der Waals surface area contributed by atoms with Gasteiger partial charge in [-0.15, -0.1) is 11.3 Å². The van der Waals surface area contributed by atoms with E-state index in [1.54, 1.807) is 0 Å². The molecule has 0 aliphatic rings. The molecule has 2 aromatic rings. The Labute approximate surface area is 111 Å². The van der Waals surface area contributed by atoms with Crippen molar-refractivity contribution in [1.29, 1.82) is 5.26 Å². The van der Waals surface area contributed by atoms with Crippen molar-refractivity contribution >= 4 is 16.5 Å². The Morgan fingerprint density at radius 3 is 2.67 bits per heavy atom. The molecule has 0 spiro atoms. The molecule has 1 unspecified atom stereocenters. The number of nitrogens with two attached hydrogens (primary N) is 1. The monoisotopic (exact) mass is 257 g/mol. The van der Waals surface area contributed by atoms with Crippen LogP contribution in [-0.4, -0.2) is 4.98 Å². The topological polar surface area (TPSA) is 62.7 Å². The Hall–Kier alpha value is -1.86. The predicted molar refractivity (Wildman–Crippen MR) is 74.7 cm³/mol. The summed E-state index contributed by atoms with van der Waals surface area (Å²) in [5, 5.41) is 9.58. The Balaban J connectivity index is 2.49. The molecule has 3 nitrogen and oxygen atoms in total. The standard InChI is InChI=1S/C14H15N3S/c1-8-4-5-11(7-15)6-12(8)9(2)13-10(3)17-14(16)18-13/h4-6,9H,1-3H3,(H2,16,17). The van der Waals surface area contributed by atoms with Gasteiger partial charge in [0, 0.05) is 10.8 Å². The quantitative estimate of drug-likeness (QED) is 0.897. The molecule has 0 aliphatic heterocycles. The number of aromatic nitrogens is 1. The molecule has 92 valence electrons. The molecule has 2 N–H and O–H groups in total. The number of benzene rings is 1. The first-order chi connectivity index (χ1) is 8.52. The maximum Gasteiger partial charge on any atom is 0.180 e. The van der Waals surface area contributed by atoms with Gasteiger partial charge in [0.2, 0.25) is 0 Å². The summed E-state index contributed by atoms with van der Waals surface area (Å²) in [7, 11) is 0. The summed E-state index contributed by atoms with van der Waals surface area (Å²) in [6.07, 6.45) is 0. The zero-order valence-corrected chi connectivity index (χ0v) is 11.5. The molecular formula is C14H15N3S. The van der Waals surface area contributed by atoms with Gasteiger partial charge in [0.05, 0.1) is 17.3 Å². The van der Waals surface area contributed by atoms with E-state index in [0.717, 1.165) is 5.69 Å². The third-order valence-corrected chi connectivity index (χ3v) is 4.29. The first-order valence-corrected chi connectivity index (χ1v) is 6.58. The van der Waals surface area contributed by atoms with Crippen molar-refractivity contribution < 1.29 is 0 Å². The van der Waals surface area contributed by atoms with Gasteiger partial charge in [-0.05, 0) is 37.1 Å². The van der Waals surface area contributed by atoms with Crippen LogP contribution in [0.1, 0.15) is 40.1 Å². The molecule has 1 heterocycles. The second-order valence-corrected chi connectivity index (χ2v) is 5.47. The van der Waals surface area contributed by atoms with Crippen molar-refractivity contribution in [3.63, 3.8) is 0 Å². The van der Waals surface area contributed by atoms with Gasteiger partial charge in [0.25, 0.3) is 0 Å². The second-order valence-electron chi connectivity index (χ2n) is 4.41. The van der Waals surface area contributed by atoms with Gasteiger partial charge in [-0.25, -0.2) is 4.98 Å². The van der Waals surface area contributed by atoms with Gasteiger partial charge in [-0.2, -0.15) is 5.26 Å². The maximum absolute atomic E-state index is 8.98. The van der Waals surface area contributed by atoms with Gasteiger partial charge in [-0.3, -0.25) is 0 Å². The Morgan fingerprint density at radius 2 is 2.11 bits per heavy atom. The number of rotatable bonds is 2. The summed E-state index contributed by atoms with van der Waals surface area (Å²) in [4.78, 5) is 5.43. The Morgan fingerprint density at radius 1 is 1.39 bits per heavy atom. The van der Waals surface area contributed by atoms with Crippen molar-refractivity contribution in [1.82, 2.24) is 4.98 Å². The van der Waals surface area contributed by atoms with Gasteiger partial charge < -0.3 is 5.73 Å². The van der Waals surface area contributed by atoms with Gasteiger partial charge >= 0.3 is 0 Å². The van der Waals surface area contributed by atoms with Crippen molar-refractivity contribution in [3.05, 3.63) is 45.5 Å². The van der Waals surface area contributed by atoms with Crippen molar-refractivity contribution in [2.75, 3.05) is 5.73 Å². The smallest absolute Gasteiger partial charge is 0.180 e. The van der Waals surface area contributed by atoms with E-state index in [1.807, 2.05) is 25.1 Å². The summed E-state index contributed by atoms with van der Waals surface area (Å²) < 4.78 is 0. The first-order valence-electron chi connectivity index (χ1n) is 5.76. The van der Waals surface area contributed by atoms with E-state index in [2.05, 4.69) is 24.9 Å². The minimum atomic E-state index is 0.216. The van der Waals surface area contributed by atoms with Crippen LogP contribution in [0.5, 0.6) is 0 Å².